The maximum atomic E-state index is 12.6. The van der Waals surface area contributed by atoms with Gasteiger partial charge in [0, 0.05) is 12.1 Å². The average molecular weight is 296 g/mol. The van der Waals surface area contributed by atoms with E-state index < -0.39 is 5.41 Å². The van der Waals surface area contributed by atoms with Crippen LogP contribution in [0.4, 0.5) is 0 Å². The molecule has 2 aliphatic carbocycles. The molecule has 0 heterocycles. The summed E-state index contributed by atoms with van der Waals surface area (Å²) >= 11 is 0. The fraction of sp³-hybridized carbons (Fsp3) is 0.867. The Balaban J connectivity index is 2.03. The predicted octanol–water partition coefficient (Wildman–Crippen LogP) is 1.14. The van der Waals surface area contributed by atoms with Gasteiger partial charge >= 0.3 is 0 Å². The molecule has 0 unspecified atom stereocenters. The smallest absolute Gasteiger partial charge is 0.234 e. The van der Waals surface area contributed by atoms with Crippen LogP contribution in [0.3, 0.4) is 0 Å². The molecule has 0 aromatic rings. The van der Waals surface area contributed by atoms with Crippen LogP contribution in [0.1, 0.15) is 45.4 Å². The Morgan fingerprint density at radius 2 is 1.95 bits per heavy atom. The van der Waals surface area contributed by atoms with Gasteiger partial charge in [-0.3, -0.25) is 4.79 Å². The van der Waals surface area contributed by atoms with E-state index in [0.717, 1.165) is 12.8 Å². The van der Waals surface area contributed by atoms with Crippen LogP contribution in [-0.4, -0.2) is 48.0 Å². The van der Waals surface area contributed by atoms with Crippen molar-refractivity contribution in [3.8, 4) is 0 Å². The van der Waals surface area contributed by atoms with Crippen molar-refractivity contribution >= 4 is 11.7 Å². The zero-order valence-corrected chi connectivity index (χ0v) is 13.4. The van der Waals surface area contributed by atoms with Crippen LogP contribution >= 0.6 is 0 Å². The van der Waals surface area contributed by atoms with Crippen molar-refractivity contribution in [2.75, 3.05) is 20.6 Å². The molecule has 2 aliphatic rings. The van der Waals surface area contributed by atoms with E-state index in [1.165, 1.54) is 12.8 Å². The topological polar surface area (TPSA) is 91.0 Å². The molecule has 6 nitrogen and oxygen atoms in total. The second kappa shape index (κ2) is 5.83. The first kappa shape index (κ1) is 16.1. The van der Waals surface area contributed by atoms with Gasteiger partial charge in [-0.15, -0.1) is 0 Å². The molecule has 0 spiro atoms. The van der Waals surface area contributed by atoms with Crippen molar-refractivity contribution in [2.24, 2.45) is 22.2 Å². The molecule has 0 saturated heterocycles. The van der Waals surface area contributed by atoms with Gasteiger partial charge in [-0.2, -0.15) is 0 Å². The van der Waals surface area contributed by atoms with Crippen LogP contribution in [0, 0.1) is 11.3 Å². The molecule has 0 aromatic heterocycles. The molecule has 0 radical (unpaired) electrons. The first-order chi connectivity index (χ1) is 9.86. The minimum absolute atomic E-state index is 0.0448. The molecule has 0 atom stereocenters. The minimum Gasteiger partial charge on any atom is -0.409 e. The number of hydrogen-bond acceptors (Lipinski definition) is 4. The summed E-state index contributed by atoms with van der Waals surface area (Å²) in [6, 6.07) is 0. The second-order valence-corrected chi connectivity index (χ2v) is 7.09. The van der Waals surface area contributed by atoms with Crippen molar-refractivity contribution < 1.29 is 10.0 Å². The Morgan fingerprint density at radius 3 is 2.38 bits per heavy atom. The number of nitrogens with one attached hydrogen (secondary N) is 1. The SMILES string of the molecule is CC1CC(C(=O)NCC2(N(C)C)CCCC2)(C(N)=NO)C1. The Morgan fingerprint density at radius 1 is 1.38 bits per heavy atom. The lowest BCUT2D eigenvalue weighted by atomic mass is 9.61. The molecule has 2 rings (SSSR count). The van der Waals surface area contributed by atoms with E-state index in [-0.39, 0.29) is 17.3 Å². The Kier molecular flexibility index (Phi) is 4.46. The molecule has 4 N–H and O–H groups in total. The Labute approximate surface area is 126 Å². The van der Waals surface area contributed by atoms with Gasteiger partial charge in [0.15, 0.2) is 5.84 Å². The number of hydrogen-bond donors (Lipinski definition) is 3. The molecule has 6 heteroatoms. The van der Waals surface area contributed by atoms with Gasteiger partial charge in [-0.1, -0.05) is 24.9 Å². The van der Waals surface area contributed by atoms with E-state index in [2.05, 4.69) is 36.4 Å². The Hall–Kier alpha value is -1.30. The van der Waals surface area contributed by atoms with Gasteiger partial charge in [-0.25, -0.2) is 0 Å². The molecule has 21 heavy (non-hydrogen) atoms. The normalized spacial score (nSPS) is 32.0. The van der Waals surface area contributed by atoms with Crippen LogP contribution in [0.25, 0.3) is 0 Å². The van der Waals surface area contributed by atoms with Crippen LogP contribution in [-0.2, 0) is 4.79 Å². The lowest BCUT2D eigenvalue weighted by molar-refractivity contribution is -0.133. The number of nitrogens with two attached hydrogens (primary N) is 1. The quantitative estimate of drug-likeness (QED) is 0.307. The van der Waals surface area contributed by atoms with Gasteiger partial charge in [0.2, 0.25) is 5.91 Å². The van der Waals surface area contributed by atoms with E-state index >= 15 is 0 Å². The van der Waals surface area contributed by atoms with E-state index in [4.69, 9.17) is 10.9 Å². The highest BCUT2D eigenvalue weighted by molar-refractivity contribution is 6.07. The van der Waals surface area contributed by atoms with Crippen molar-refractivity contribution in [3.05, 3.63) is 0 Å². The predicted molar refractivity (Wildman–Crippen MR) is 82.1 cm³/mol. The first-order valence-electron chi connectivity index (χ1n) is 7.80. The molecule has 2 saturated carbocycles. The number of carbonyl (C=O) groups excluding carboxylic acids is 1. The molecule has 0 aromatic carbocycles. The number of rotatable bonds is 5. The van der Waals surface area contributed by atoms with Gasteiger partial charge in [0.1, 0.15) is 5.41 Å². The fourth-order valence-corrected chi connectivity index (χ4v) is 3.97. The minimum atomic E-state index is -0.805. The summed E-state index contributed by atoms with van der Waals surface area (Å²) in [6.45, 7) is 2.71. The third kappa shape index (κ3) is 2.73. The number of amides is 1. The van der Waals surface area contributed by atoms with Crippen LogP contribution < -0.4 is 11.1 Å². The summed E-state index contributed by atoms with van der Waals surface area (Å²) in [6.07, 6.45) is 5.93. The lowest BCUT2D eigenvalue weighted by Crippen LogP contribution is -2.59. The van der Waals surface area contributed by atoms with Crippen molar-refractivity contribution in [3.63, 3.8) is 0 Å². The molecule has 120 valence electrons. The number of likely N-dealkylation sites (N-methyl/N-ethyl adjacent to an activating group) is 1. The highest BCUT2D eigenvalue weighted by Crippen LogP contribution is 2.46. The second-order valence-electron chi connectivity index (χ2n) is 7.09. The number of oxime groups is 1. The van der Waals surface area contributed by atoms with Gasteiger partial charge in [0.25, 0.3) is 0 Å². The van der Waals surface area contributed by atoms with Crippen molar-refractivity contribution in [2.45, 2.75) is 51.0 Å². The van der Waals surface area contributed by atoms with Crippen molar-refractivity contribution in [1.82, 2.24) is 10.2 Å². The standard InChI is InChI=1S/C15H28N4O2/c1-11-8-15(9-11,12(16)18-21)13(20)17-10-14(19(2)3)6-4-5-7-14/h11,21H,4-10H2,1-3H3,(H2,16,18)(H,17,20). The summed E-state index contributed by atoms with van der Waals surface area (Å²) in [5, 5.41) is 15.1. The van der Waals surface area contributed by atoms with E-state index in [1.54, 1.807) is 0 Å². The maximum Gasteiger partial charge on any atom is 0.234 e. The summed E-state index contributed by atoms with van der Waals surface area (Å²) in [5.74, 6) is 0.387. The zero-order valence-electron chi connectivity index (χ0n) is 13.4. The average Bonchev–Trinajstić information content (AvgIpc) is 2.90. The van der Waals surface area contributed by atoms with E-state index in [1.807, 2.05) is 0 Å². The highest BCUT2D eigenvalue weighted by atomic mass is 16.4. The highest BCUT2D eigenvalue weighted by Gasteiger charge is 2.52. The summed E-state index contributed by atoms with van der Waals surface area (Å²) in [4.78, 5) is 14.8. The van der Waals surface area contributed by atoms with Gasteiger partial charge < -0.3 is 21.2 Å². The van der Waals surface area contributed by atoms with E-state index in [0.29, 0.717) is 25.3 Å². The largest absolute Gasteiger partial charge is 0.409 e. The lowest BCUT2D eigenvalue weighted by Gasteiger charge is -2.45. The van der Waals surface area contributed by atoms with E-state index in [9.17, 15) is 4.79 Å². The maximum absolute atomic E-state index is 12.6. The summed E-state index contributed by atoms with van der Waals surface area (Å²) in [7, 11) is 4.14. The number of nitrogens with zero attached hydrogens (tertiary/aromatic N) is 2. The molecule has 1 amide bonds. The van der Waals surface area contributed by atoms with Crippen LogP contribution in [0.5, 0.6) is 0 Å². The number of carbonyl (C=O) groups is 1. The Bertz CT molecular complexity index is 421. The zero-order chi connectivity index (χ0) is 15.7. The fourth-order valence-electron chi connectivity index (χ4n) is 3.97. The van der Waals surface area contributed by atoms with Gasteiger partial charge in [0.05, 0.1) is 0 Å². The molecule has 0 aliphatic heterocycles. The van der Waals surface area contributed by atoms with Crippen LogP contribution in [0.2, 0.25) is 0 Å². The third-order valence-corrected chi connectivity index (χ3v) is 5.49. The monoisotopic (exact) mass is 296 g/mol. The molecule has 2 fully saturated rings. The molecule has 0 bridgehead atoms. The van der Waals surface area contributed by atoms with Crippen LogP contribution in [0.15, 0.2) is 5.16 Å². The van der Waals surface area contributed by atoms with Crippen molar-refractivity contribution in [1.29, 1.82) is 0 Å². The van der Waals surface area contributed by atoms with Gasteiger partial charge in [-0.05, 0) is 45.7 Å². The summed E-state index contributed by atoms with van der Waals surface area (Å²) < 4.78 is 0. The molecular weight excluding hydrogens is 268 g/mol. The molecular formula is C15H28N4O2. The summed E-state index contributed by atoms with van der Waals surface area (Å²) in [5.41, 5.74) is 5.03. The third-order valence-electron chi connectivity index (χ3n) is 5.49. The first-order valence-corrected chi connectivity index (χ1v) is 7.80. The number of amidine groups is 1.